The van der Waals surface area contributed by atoms with E-state index in [9.17, 15) is 18.0 Å². The van der Waals surface area contributed by atoms with Crippen molar-refractivity contribution in [3.63, 3.8) is 0 Å². The van der Waals surface area contributed by atoms with Crippen LogP contribution in [0.2, 0.25) is 0 Å². The average molecular weight is 433 g/mol. The summed E-state index contributed by atoms with van der Waals surface area (Å²) in [6, 6.07) is 3.21. The van der Waals surface area contributed by atoms with Gasteiger partial charge in [-0.3, -0.25) is 9.36 Å². The van der Waals surface area contributed by atoms with Gasteiger partial charge in [0, 0.05) is 12.2 Å². The molecular weight excluding hydrogens is 410 g/mol. The quantitative estimate of drug-likeness (QED) is 0.449. The fraction of sp³-hybridized carbons (Fsp3) is 0.444. The number of aromatic amines is 2. The summed E-state index contributed by atoms with van der Waals surface area (Å²) in [7, 11) is -1.84. The summed E-state index contributed by atoms with van der Waals surface area (Å²) in [4.78, 5) is 38.4. The van der Waals surface area contributed by atoms with E-state index >= 15 is 0 Å². The summed E-state index contributed by atoms with van der Waals surface area (Å²) >= 11 is 0. The molecule has 11 nitrogen and oxygen atoms in total. The Labute approximate surface area is 172 Å². The van der Waals surface area contributed by atoms with Gasteiger partial charge in [0.2, 0.25) is 16.0 Å². The van der Waals surface area contributed by atoms with Gasteiger partial charge in [0.15, 0.2) is 5.65 Å². The maximum Gasteiger partial charge on any atom is 0.327 e. The van der Waals surface area contributed by atoms with Crippen molar-refractivity contribution in [2.75, 3.05) is 18.1 Å². The molecule has 1 aliphatic carbocycles. The van der Waals surface area contributed by atoms with Crippen molar-refractivity contribution in [2.24, 2.45) is 5.92 Å². The number of fused-ring (bicyclic) bond motifs is 1. The summed E-state index contributed by atoms with van der Waals surface area (Å²) < 4.78 is 27.6. The van der Waals surface area contributed by atoms with Crippen molar-refractivity contribution in [1.29, 1.82) is 0 Å². The number of nitrogens with zero attached hydrogens (tertiary/aromatic N) is 3. The molecule has 4 rings (SSSR count). The number of imidazole rings is 1. The largest absolute Gasteiger partial charge is 0.327 e. The van der Waals surface area contributed by atoms with Crippen LogP contribution in [-0.2, 0) is 10.0 Å². The molecule has 0 bridgehead atoms. The molecule has 0 unspecified atom stereocenters. The molecule has 3 aromatic heterocycles. The lowest BCUT2D eigenvalue weighted by Crippen LogP contribution is -2.31. The minimum absolute atomic E-state index is 0.0660. The highest BCUT2D eigenvalue weighted by Gasteiger charge is 2.28. The first-order chi connectivity index (χ1) is 14.4. The molecular formula is C18H23N7O4S. The third kappa shape index (κ3) is 4.14. The first-order valence-corrected chi connectivity index (χ1v) is 11.3. The first-order valence-electron chi connectivity index (χ1n) is 9.69. The van der Waals surface area contributed by atoms with E-state index in [2.05, 4.69) is 30.0 Å². The second-order valence-electron chi connectivity index (χ2n) is 7.43. The van der Waals surface area contributed by atoms with Crippen LogP contribution in [0.5, 0.6) is 0 Å². The van der Waals surface area contributed by atoms with Gasteiger partial charge in [-0.15, -0.1) is 0 Å². The van der Waals surface area contributed by atoms with E-state index in [-0.39, 0.29) is 34.9 Å². The zero-order valence-corrected chi connectivity index (χ0v) is 17.2. The van der Waals surface area contributed by atoms with Gasteiger partial charge in [-0.1, -0.05) is 0 Å². The van der Waals surface area contributed by atoms with Crippen LogP contribution in [-0.4, -0.2) is 45.7 Å². The molecule has 12 heteroatoms. The highest BCUT2D eigenvalue weighted by molar-refractivity contribution is 7.89. The Morgan fingerprint density at radius 1 is 1.23 bits per heavy atom. The Balaban J connectivity index is 1.57. The Bertz CT molecular complexity index is 1270. The van der Waals surface area contributed by atoms with Gasteiger partial charge in [0.05, 0.1) is 11.9 Å². The van der Waals surface area contributed by atoms with Crippen LogP contribution in [0.15, 0.2) is 34.1 Å². The topological polar surface area (TPSA) is 155 Å². The molecule has 0 spiro atoms. The third-order valence-electron chi connectivity index (χ3n) is 5.47. The van der Waals surface area contributed by atoms with Crippen LogP contribution in [0.1, 0.15) is 31.7 Å². The van der Waals surface area contributed by atoms with E-state index in [4.69, 9.17) is 0 Å². The molecule has 1 fully saturated rings. The Kier molecular flexibility index (Phi) is 5.43. The molecule has 0 saturated heterocycles. The predicted octanol–water partition coefficient (Wildman–Crippen LogP) is 0.832. The van der Waals surface area contributed by atoms with Crippen molar-refractivity contribution in [1.82, 2.24) is 29.2 Å². The van der Waals surface area contributed by atoms with Gasteiger partial charge in [-0.25, -0.2) is 22.9 Å². The van der Waals surface area contributed by atoms with Gasteiger partial charge in [-0.05, 0) is 50.8 Å². The average Bonchev–Trinajstić information content (AvgIpc) is 3.05. The van der Waals surface area contributed by atoms with Crippen LogP contribution >= 0.6 is 0 Å². The second kappa shape index (κ2) is 8.03. The lowest BCUT2D eigenvalue weighted by molar-refractivity contribution is 0.290. The maximum absolute atomic E-state index is 12.6. The van der Waals surface area contributed by atoms with Gasteiger partial charge < -0.3 is 15.3 Å². The van der Waals surface area contributed by atoms with Crippen molar-refractivity contribution in [3.05, 3.63) is 45.4 Å². The number of hydrogen-bond acceptors (Lipinski definition) is 7. The van der Waals surface area contributed by atoms with Crippen molar-refractivity contribution in [2.45, 2.75) is 31.7 Å². The summed E-state index contributed by atoms with van der Waals surface area (Å²) in [5.74, 6) is 0.373. The minimum atomic E-state index is -3.25. The molecule has 3 heterocycles. The normalized spacial score (nSPS) is 19.8. The van der Waals surface area contributed by atoms with Crippen molar-refractivity contribution < 1.29 is 8.42 Å². The first kappa shape index (κ1) is 20.3. The smallest absolute Gasteiger partial charge is 0.327 e. The lowest BCUT2D eigenvalue weighted by atomic mass is 9.87. The Morgan fingerprint density at radius 3 is 2.70 bits per heavy atom. The highest BCUT2D eigenvalue weighted by atomic mass is 32.2. The third-order valence-corrected chi connectivity index (χ3v) is 7.00. The van der Waals surface area contributed by atoms with E-state index in [1.54, 1.807) is 16.7 Å². The van der Waals surface area contributed by atoms with Crippen molar-refractivity contribution in [3.8, 4) is 0 Å². The highest BCUT2D eigenvalue weighted by Crippen LogP contribution is 2.33. The van der Waals surface area contributed by atoms with Gasteiger partial charge in [-0.2, -0.15) is 4.98 Å². The molecule has 0 aliphatic heterocycles. The molecule has 30 heavy (non-hydrogen) atoms. The zero-order valence-electron chi connectivity index (χ0n) is 16.4. The second-order valence-corrected chi connectivity index (χ2v) is 9.40. The standard InChI is InChI=1S/C18H23N7O4S/c1-19-30(28,29)10-11-4-6-12(7-5-11)25-15-14(23-18(25)27)9-21-17(24-15)22-13-3-2-8-20-16(13)26/h2-3,8-9,11-12,19H,4-7,10H2,1H3,(H,20,26)(H,23,27)(H,21,22,24)/t11-,12-. The molecule has 0 aromatic carbocycles. The molecule has 3 aromatic rings. The fourth-order valence-corrected chi connectivity index (χ4v) is 5.04. The van der Waals surface area contributed by atoms with Crippen LogP contribution in [0, 0.1) is 5.92 Å². The van der Waals surface area contributed by atoms with E-state index < -0.39 is 10.0 Å². The monoisotopic (exact) mass is 433 g/mol. The molecule has 4 N–H and O–H groups in total. The Morgan fingerprint density at radius 2 is 2.00 bits per heavy atom. The van der Waals surface area contributed by atoms with E-state index in [1.807, 2.05) is 0 Å². The number of H-pyrrole nitrogens is 2. The van der Waals surface area contributed by atoms with Crippen LogP contribution < -0.4 is 21.3 Å². The van der Waals surface area contributed by atoms with Crippen LogP contribution in [0.3, 0.4) is 0 Å². The van der Waals surface area contributed by atoms with Crippen LogP contribution in [0.25, 0.3) is 11.2 Å². The van der Waals surface area contributed by atoms with Crippen LogP contribution in [0.4, 0.5) is 11.6 Å². The lowest BCUT2D eigenvalue weighted by Gasteiger charge is -2.28. The Hall–Kier alpha value is -2.99. The van der Waals surface area contributed by atoms with Gasteiger partial charge in [0.1, 0.15) is 11.2 Å². The van der Waals surface area contributed by atoms with Gasteiger partial charge in [0.25, 0.3) is 5.56 Å². The molecule has 1 saturated carbocycles. The van der Waals surface area contributed by atoms with E-state index in [1.165, 1.54) is 19.4 Å². The molecule has 0 amide bonds. The summed E-state index contributed by atoms with van der Waals surface area (Å²) in [6.07, 6.45) is 5.81. The number of anilines is 2. The molecule has 1 aliphatic rings. The van der Waals surface area contributed by atoms with Gasteiger partial charge >= 0.3 is 5.69 Å². The molecule has 0 radical (unpaired) electrons. The SMILES string of the molecule is CNS(=O)(=O)C[C@H]1CC[C@H](n2c(=O)[nH]c3cnc(Nc4ccc[nH]c4=O)nc32)CC1. The number of hydrogen-bond donors (Lipinski definition) is 4. The van der Waals surface area contributed by atoms with E-state index in [0.29, 0.717) is 42.5 Å². The fourth-order valence-electron chi connectivity index (χ4n) is 3.92. The molecule has 160 valence electrons. The summed E-state index contributed by atoms with van der Waals surface area (Å²) in [6.45, 7) is 0. The number of rotatable bonds is 6. The summed E-state index contributed by atoms with van der Waals surface area (Å²) in [5, 5.41) is 2.87. The number of aromatic nitrogens is 5. The zero-order chi connectivity index (χ0) is 21.3. The number of sulfonamides is 1. The summed E-state index contributed by atoms with van der Waals surface area (Å²) in [5.41, 5.74) is 0.680. The van der Waals surface area contributed by atoms with E-state index in [0.717, 1.165) is 0 Å². The predicted molar refractivity (Wildman–Crippen MR) is 112 cm³/mol. The van der Waals surface area contributed by atoms with Crippen molar-refractivity contribution >= 4 is 32.8 Å². The number of pyridine rings is 1. The maximum atomic E-state index is 12.6. The number of nitrogens with one attached hydrogen (secondary N) is 4. The minimum Gasteiger partial charge on any atom is -0.327 e. The molecule has 0 atom stereocenters.